The molecule has 2 heterocycles. The first-order valence-electron chi connectivity index (χ1n) is 6.51. The Labute approximate surface area is 127 Å². The molecule has 22 heavy (non-hydrogen) atoms. The van der Waals surface area contributed by atoms with Crippen molar-refractivity contribution in [3.05, 3.63) is 17.7 Å². The zero-order valence-electron chi connectivity index (χ0n) is 12.0. The molecular weight excluding hydrogens is 314 g/mol. The fraction of sp³-hybridized carbons (Fsp3) is 0.462. The Morgan fingerprint density at radius 1 is 1.45 bits per heavy atom. The normalized spacial score (nSPS) is 22.9. The minimum absolute atomic E-state index is 0.0379. The van der Waals surface area contributed by atoms with Crippen LogP contribution in [0.5, 0.6) is 17.2 Å². The summed E-state index contributed by atoms with van der Waals surface area (Å²) in [6.45, 7) is 0.134. The van der Waals surface area contributed by atoms with Crippen molar-refractivity contribution in [2.75, 3.05) is 26.6 Å². The van der Waals surface area contributed by atoms with E-state index < -0.39 is 16.2 Å². The topological polar surface area (TPSA) is 104 Å². The van der Waals surface area contributed by atoms with Gasteiger partial charge in [-0.05, 0) is 6.07 Å². The minimum atomic E-state index is -3.55. The van der Waals surface area contributed by atoms with Crippen LogP contribution in [0.4, 0.5) is 0 Å². The average molecular weight is 329 g/mol. The van der Waals surface area contributed by atoms with Crippen LogP contribution in [0.3, 0.4) is 0 Å². The first-order valence-corrected chi connectivity index (χ1v) is 8.33. The van der Waals surface area contributed by atoms with Crippen molar-refractivity contribution < 1.29 is 32.0 Å². The van der Waals surface area contributed by atoms with Crippen molar-refractivity contribution in [1.29, 1.82) is 0 Å². The molecular formula is C13H15NO7S. The van der Waals surface area contributed by atoms with Gasteiger partial charge in [0.25, 0.3) is 10.1 Å². The zero-order chi connectivity index (χ0) is 15.9. The van der Waals surface area contributed by atoms with Gasteiger partial charge in [0.1, 0.15) is 24.7 Å². The molecule has 120 valence electrons. The summed E-state index contributed by atoms with van der Waals surface area (Å²) in [7, 11) is -2.11. The second kappa shape index (κ2) is 5.33. The number of ether oxygens (including phenoxy) is 2. The third-order valence-corrected chi connectivity index (χ3v) is 4.07. The van der Waals surface area contributed by atoms with Gasteiger partial charge in [-0.1, -0.05) is 5.16 Å². The molecule has 0 aliphatic carbocycles. The average Bonchev–Trinajstić information content (AvgIpc) is 2.87. The molecule has 1 aromatic rings. The molecule has 0 saturated heterocycles. The van der Waals surface area contributed by atoms with Crippen LogP contribution < -0.4 is 9.47 Å². The highest BCUT2D eigenvalue weighted by Crippen LogP contribution is 2.40. The number of fused-ring (bicyclic) bond motifs is 3. The van der Waals surface area contributed by atoms with E-state index in [9.17, 15) is 13.5 Å². The molecule has 9 heteroatoms. The largest absolute Gasteiger partial charge is 0.504 e. The highest BCUT2D eigenvalue weighted by Gasteiger charge is 2.41. The Bertz CT molecular complexity index is 728. The Hall–Kier alpha value is -2.00. The smallest absolute Gasteiger partial charge is 0.264 e. The molecule has 8 nitrogen and oxygen atoms in total. The lowest BCUT2D eigenvalue weighted by molar-refractivity contribution is 0.0175. The summed E-state index contributed by atoms with van der Waals surface area (Å²) in [5, 5.41) is 13.9. The maximum absolute atomic E-state index is 11.1. The van der Waals surface area contributed by atoms with Crippen molar-refractivity contribution in [2.24, 2.45) is 11.1 Å². The minimum Gasteiger partial charge on any atom is -0.504 e. The number of rotatable bonds is 4. The number of phenols is 1. The first-order chi connectivity index (χ1) is 10.4. The third-order valence-electron chi connectivity index (χ3n) is 3.51. The summed E-state index contributed by atoms with van der Waals surface area (Å²) in [5.41, 5.74) is 1.19. The lowest BCUT2D eigenvalue weighted by Gasteiger charge is -2.25. The van der Waals surface area contributed by atoms with Crippen molar-refractivity contribution in [1.82, 2.24) is 0 Å². The van der Waals surface area contributed by atoms with Gasteiger partial charge in [0, 0.05) is 11.6 Å². The molecule has 0 spiro atoms. The van der Waals surface area contributed by atoms with Crippen molar-refractivity contribution >= 4 is 15.8 Å². The molecule has 2 atom stereocenters. The zero-order valence-corrected chi connectivity index (χ0v) is 12.8. The number of phenolic OH excluding ortho intramolecular Hbond substituents is 1. The molecule has 2 aliphatic rings. The Morgan fingerprint density at radius 2 is 2.23 bits per heavy atom. The van der Waals surface area contributed by atoms with E-state index in [1.165, 1.54) is 13.2 Å². The van der Waals surface area contributed by atoms with Gasteiger partial charge in [-0.15, -0.1) is 0 Å². The van der Waals surface area contributed by atoms with Crippen molar-refractivity contribution in [2.45, 2.75) is 6.10 Å². The third kappa shape index (κ3) is 2.69. The van der Waals surface area contributed by atoms with Crippen molar-refractivity contribution in [3.63, 3.8) is 0 Å². The van der Waals surface area contributed by atoms with E-state index in [4.69, 9.17) is 18.5 Å². The number of benzene rings is 1. The maximum atomic E-state index is 11.1. The van der Waals surface area contributed by atoms with Crippen LogP contribution in [-0.2, 0) is 19.1 Å². The highest BCUT2D eigenvalue weighted by molar-refractivity contribution is 7.85. The van der Waals surface area contributed by atoms with Crippen LogP contribution in [-0.4, -0.2) is 51.9 Å². The summed E-state index contributed by atoms with van der Waals surface area (Å²) >= 11 is 0. The summed E-state index contributed by atoms with van der Waals surface area (Å²) in [4.78, 5) is 5.25. The van der Waals surface area contributed by atoms with Gasteiger partial charge in [0.15, 0.2) is 17.6 Å². The van der Waals surface area contributed by atoms with E-state index in [0.29, 0.717) is 22.8 Å². The monoisotopic (exact) mass is 329 g/mol. The van der Waals surface area contributed by atoms with E-state index in [1.807, 2.05) is 0 Å². The molecule has 0 amide bonds. The number of aromatic hydroxyl groups is 1. The van der Waals surface area contributed by atoms with Crippen LogP contribution >= 0.6 is 0 Å². The molecule has 2 aliphatic heterocycles. The number of nitrogens with zero attached hydrogens (tertiary/aromatic N) is 1. The fourth-order valence-corrected chi connectivity index (χ4v) is 2.81. The van der Waals surface area contributed by atoms with Gasteiger partial charge in [-0.25, -0.2) is 0 Å². The molecule has 0 saturated carbocycles. The number of methoxy groups -OCH3 is 1. The fourth-order valence-electron chi connectivity index (χ4n) is 2.43. The van der Waals surface area contributed by atoms with Crippen LogP contribution in [0.15, 0.2) is 17.3 Å². The lowest BCUT2D eigenvalue weighted by Crippen LogP contribution is -2.36. The molecule has 1 aromatic carbocycles. The molecule has 0 aromatic heterocycles. The molecule has 1 N–H and O–H groups in total. The van der Waals surface area contributed by atoms with Gasteiger partial charge in [0.05, 0.1) is 19.3 Å². The van der Waals surface area contributed by atoms with E-state index >= 15 is 0 Å². The summed E-state index contributed by atoms with van der Waals surface area (Å²) in [5.74, 6) is 0.526. The Kier molecular flexibility index (Phi) is 3.61. The molecule has 0 radical (unpaired) electrons. The standard InChI is InChI=1S/C13H15NO7S/c1-18-11-4-10-7(3-9(11)15)13-8(5-19-10)12(21-14-13)6-20-22(2,16)17/h3-4,8,12,15H,5-6H2,1-2H3. The number of hydrogen-bond donors (Lipinski definition) is 1. The maximum Gasteiger partial charge on any atom is 0.264 e. The first kappa shape index (κ1) is 14.9. The second-order valence-corrected chi connectivity index (χ2v) is 6.69. The molecule has 3 rings (SSSR count). The summed E-state index contributed by atoms with van der Waals surface area (Å²) in [6.07, 6.45) is 0.419. The van der Waals surface area contributed by atoms with E-state index in [2.05, 4.69) is 5.16 Å². The molecule has 0 bridgehead atoms. The SMILES string of the molecule is COc1cc2c(cc1O)C1=NOC(COS(C)(=O)=O)C1CO2. The summed E-state index contributed by atoms with van der Waals surface area (Å²) < 4.78 is 37.6. The molecule has 0 fully saturated rings. The van der Waals surface area contributed by atoms with Crippen LogP contribution in [0.25, 0.3) is 0 Å². The van der Waals surface area contributed by atoms with Gasteiger partial charge in [0.2, 0.25) is 0 Å². The lowest BCUT2D eigenvalue weighted by atomic mass is 9.90. The van der Waals surface area contributed by atoms with Gasteiger partial charge in [-0.2, -0.15) is 8.42 Å². The van der Waals surface area contributed by atoms with E-state index in [-0.39, 0.29) is 24.9 Å². The Morgan fingerprint density at radius 3 is 2.91 bits per heavy atom. The molecule has 2 unspecified atom stereocenters. The Balaban J connectivity index is 1.83. The van der Waals surface area contributed by atoms with E-state index in [1.54, 1.807) is 6.07 Å². The highest BCUT2D eigenvalue weighted by atomic mass is 32.2. The number of oxime groups is 1. The van der Waals surface area contributed by atoms with Gasteiger partial charge in [-0.3, -0.25) is 4.18 Å². The predicted octanol–water partition coefficient (Wildman–Crippen LogP) is 0.488. The van der Waals surface area contributed by atoms with Crippen molar-refractivity contribution in [3.8, 4) is 17.2 Å². The van der Waals surface area contributed by atoms with E-state index in [0.717, 1.165) is 6.26 Å². The second-order valence-electron chi connectivity index (χ2n) is 5.05. The predicted molar refractivity (Wildman–Crippen MR) is 75.8 cm³/mol. The van der Waals surface area contributed by atoms with Gasteiger partial charge >= 0.3 is 0 Å². The van der Waals surface area contributed by atoms with Crippen LogP contribution in [0.2, 0.25) is 0 Å². The van der Waals surface area contributed by atoms with Gasteiger partial charge < -0.3 is 19.4 Å². The quantitative estimate of drug-likeness (QED) is 0.802. The van der Waals surface area contributed by atoms with Crippen LogP contribution in [0.1, 0.15) is 5.56 Å². The number of hydrogen-bond acceptors (Lipinski definition) is 8. The summed E-state index contributed by atoms with van der Waals surface area (Å²) in [6, 6.07) is 3.06. The van der Waals surface area contributed by atoms with Crippen LogP contribution in [0, 0.1) is 5.92 Å².